The van der Waals surface area contributed by atoms with Gasteiger partial charge in [0.15, 0.2) is 0 Å². The van der Waals surface area contributed by atoms with Gasteiger partial charge in [-0.1, -0.05) is 32.4 Å². The van der Waals surface area contributed by atoms with Crippen molar-refractivity contribution in [3.05, 3.63) is 52.3 Å². The van der Waals surface area contributed by atoms with Crippen LogP contribution in [0, 0.1) is 0 Å². The molecule has 0 unspecified atom stereocenters. The molecule has 6 nitrogen and oxygen atoms in total. The Morgan fingerprint density at radius 2 is 1.96 bits per heavy atom. The summed E-state index contributed by atoms with van der Waals surface area (Å²) in [5.74, 6) is -0.326. The number of carbonyl (C=O) groups excluding carboxylic acids is 2. The zero-order chi connectivity index (χ0) is 19.5. The molecular weight excluding hydrogens is 354 g/mol. The number of amides is 2. The minimum absolute atomic E-state index is 0.0710. The van der Waals surface area contributed by atoms with Crippen LogP contribution in [0.3, 0.4) is 0 Å². The van der Waals surface area contributed by atoms with Gasteiger partial charge in [0.1, 0.15) is 11.4 Å². The van der Waals surface area contributed by atoms with Crippen molar-refractivity contribution in [3.63, 3.8) is 0 Å². The van der Waals surface area contributed by atoms with E-state index < -0.39 is 11.3 Å². The summed E-state index contributed by atoms with van der Waals surface area (Å²) in [6.07, 6.45) is 1.52. The van der Waals surface area contributed by atoms with Gasteiger partial charge in [-0.05, 0) is 29.7 Å². The molecule has 0 saturated heterocycles. The highest BCUT2D eigenvalue weighted by molar-refractivity contribution is 6.30. The molecule has 1 aromatic carbocycles. The molecule has 0 saturated carbocycles. The standard InChI is InChI=1S/C19H22ClN3O3/c1-19(2,3)16-13(7-8-22-17(16)18(21)25)23-15(24)10-11-9-12(20)5-6-14(11)26-4/h5-9H,10H2,1-4H3,(H2,21,25)(H,22,23,24). The first-order valence-electron chi connectivity index (χ1n) is 8.05. The number of nitrogens with zero attached hydrogens (tertiary/aromatic N) is 1. The third kappa shape index (κ3) is 4.52. The number of benzene rings is 1. The number of aromatic nitrogens is 1. The SMILES string of the molecule is COc1ccc(Cl)cc1CC(=O)Nc1ccnc(C(N)=O)c1C(C)(C)C. The molecule has 0 bridgehead atoms. The third-order valence-electron chi connectivity index (χ3n) is 3.80. The number of pyridine rings is 1. The van der Waals surface area contributed by atoms with E-state index in [1.807, 2.05) is 20.8 Å². The fourth-order valence-electron chi connectivity index (χ4n) is 2.76. The summed E-state index contributed by atoms with van der Waals surface area (Å²) in [7, 11) is 1.53. The molecule has 2 amide bonds. The second-order valence-corrected chi connectivity index (χ2v) is 7.31. The Hall–Kier alpha value is -2.60. The fourth-order valence-corrected chi connectivity index (χ4v) is 2.96. The number of hydrogen-bond acceptors (Lipinski definition) is 4. The molecule has 0 atom stereocenters. The van der Waals surface area contributed by atoms with Crippen LogP contribution in [-0.4, -0.2) is 23.9 Å². The summed E-state index contributed by atoms with van der Waals surface area (Å²) in [6.45, 7) is 5.77. The maximum absolute atomic E-state index is 12.6. The van der Waals surface area contributed by atoms with E-state index in [9.17, 15) is 9.59 Å². The highest BCUT2D eigenvalue weighted by Crippen LogP contribution is 2.32. The van der Waals surface area contributed by atoms with Gasteiger partial charge < -0.3 is 15.8 Å². The number of rotatable bonds is 5. The van der Waals surface area contributed by atoms with Crippen molar-refractivity contribution >= 4 is 29.1 Å². The van der Waals surface area contributed by atoms with E-state index in [4.69, 9.17) is 22.1 Å². The summed E-state index contributed by atoms with van der Waals surface area (Å²) in [5.41, 5.74) is 6.93. The van der Waals surface area contributed by atoms with E-state index in [0.29, 0.717) is 27.6 Å². The maximum atomic E-state index is 12.6. The molecule has 3 N–H and O–H groups in total. The van der Waals surface area contributed by atoms with Crippen LogP contribution >= 0.6 is 11.6 Å². The monoisotopic (exact) mass is 375 g/mol. The lowest BCUT2D eigenvalue weighted by atomic mass is 9.84. The highest BCUT2D eigenvalue weighted by atomic mass is 35.5. The smallest absolute Gasteiger partial charge is 0.267 e. The number of carbonyl (C=O) groups is 2. The Bertz CT molecular complexity index is 844. The average molecular weight is 376 g/mol. The van der Waals surface area contributed by atoms with E-state index in [1.165, 1.54) is 13.3 Å². The zero-order valence-electron chi connectivity index (χ0n) is 15.2. The number of hydrogen-bond donors (Lipinski definition) is 2. The normalized spacial score (nSPS) is 11.1. The van der Waals surface area contributed by atoms with Crippen molar-refractivity contribution in [2.45, 2.75) is 32.6 Å². The van der Waals surface area contributed by atoms with Crippen molar-refractivity contribution in [1.29, 1.82) is 0 Å². The van der Waals surface area contributed by atoms with Crippen molar-refractivity contribution < 1.29 is 14.3 Å². The van der Waals surface area contributed by atoms with Crippen molar-refractivity contribution in [3.8, 4) is 5.75 Å². The first kappa shape index (κ1) is 19.7. The summed E-state index contributed by atoms with van der Waals surface area (Å²) >= 11 is 6.01. The Kier molecular flexibility index (Phi) is 5.87. The van der Waals surface area contributed by atoms with E-state index in [-0.39, 0.29) is 18.0 Å². The zero-order valence-corrected chi connectivity index (χ0v) is 16.0. The molecule has 0 spiro atoms. The van der Waals surface area contributed by atoms with E-state index in [1.54, 1.807) is 24.3 Å². The molecule has 0 radical (unpaired) electrons. The van der Waals surface area contributed by atoms with Gasteiger partial charge in [-0.3, -0.25) is 14.6 Å². The van der Waals surface area contributed by atoms with Gasteiger partial charge in [0, 0.05) is 28.0 Å². The summed E-state index contributed by atoms with van der Waals surface area (Å²) in [6, 6.07) is 6.75. The van der Waals surface area contributed by atoms with E-state index in [0.717, 1.165) is 0 Å². The Balaban J connectivity index is 2.34. The van der Waals surface area contributed by atoms with Crippen LogP contribution in [0.2, 0.25) is 5.02 Å². The summed E-state index contributed by atoms with van der Waals surface area (Å²) in [5, 5.41) is 3.36. The van der Waals surface area contributed by atoms with Crippen LogP contribution in [0.4, 0.5) is 5.69 Å². The molecule has 2 rings (SSSR count). The molecule has 7 heteroatoms. The lowest BCUT2D eigenvalue weighted by Crippen LogP contribution is -2.26. The molecule has 0 aliphatic heterocycles. The third-order valence-corrected chi connectivity index (χ3v) is 4.04. The topological polar surface area (TPSA) is 94.3 Å². The number of primary amides is 1. The predicted molar refractivity (Wildman–Crippen MR) is 102 cm³/mol. The second kappa shape index (κ2) is 7.74. The molecular formula is C19H22ClN3O3. The predicted octanol–water partition coefficient (Wildman–Crippen LogP) is 3.32. The van der Waals surface area contributed by atoms with Crippen LogP contribution in [0.25, 0.3) is 0 Å². The summed E-state index contributed by atoms with van der Waals surface area (Å²) in [4.78, 5) is 28.4. The molecule has 0 aliphatic rings. The van der Waals surface area contributed by atoms with Gasteiger partial charge in [-0.2, -0.15) is 0 Å². The van der Waals surface area contributed by atoms with Gasteiger partial charge in [0.25, 0.3) is 5.91 Å². The molecule has 2 aromatic rings. The van der Waals surface area contributed by atoms with Crippen LogP contribution in [0.1, 0.15) is 42.4 Å². The number of ether oxygens (including phenoxy) is 1. The first-order chi connectivity index (χ1) is 12.1. The van der Waals surface area contributed by atoms with Crippen LogP contribution < -0.4 is 15.8 Å². The molecule has 0 fully saturated rings. The van der Waals surface area contributed by atoms with Crippen molar-refractivity contribution in [2.75, 3.05) is 12.4 Å². The Labute approximate surface area is 157 Å². The minimum atomic E-state index is -0.637. The lowest BCUT2D eigenvalue weighted by molar-refractivity contribution is -0.115. The van der Waals surface area contributed by atoms with Gasteiger partial charge >= 0.3 is 0 Å². The van der Waals surface area contributed by atoms with Gasteiger partial charge in [-0.25, -0.2) is 0 Å². The maximum Gasteiger partial charge on any atom is 0.267 e. The first-order valence-corrected chi connectivity index (χ1v) is 8.43. The quantitative estimate of drug-likeness (QED) is 0.838. The molecule has 1 heterocycles. The van der Waals surface area contributed by atoms with Gasteiger partial charge in [0.05, 0.1) is 13.5 Å². The Morgan fingerprint density at radius 3 is 2.54 bits per heavy atom. The van der Waals surface area contributed by atoms with Gasteiger partial charge in [-0.15, -0.1) is 0 Å². The molecule has 26 heavy (non-hydrogen) atoms. The largest absolute Gasteiger partial charge is 0.496 e. The van der Waals surface area contributed by atoms with E-state index >= 15 is 0 Å². The molecule has 1 aromatic heterocycles. The molecule has 138 valence electrons. The van der Waals surface area contributed by atoms with Crippen LogP contribution in [0.5, 0.6) is 5.75 Å². The van der Waals surface area contributed by atoms with Crippen LogP contribution in [0.15, 0.2) is 30.5 Å². The number of nitrogens with two attached hydrogens (primary N) is 1. The Morgan fingerprint density at radius 1 is 1.27 bits per heavy atom. The van der Waals surface area contributed by atoms with Crippen molar-refractivity contribution in [2.24, 2.45) is 5.73 Å². The number of nitrogens with one attached hydrogen (secondary N) is 1. The molecule has 0 aliphatic carbocycles. The summed E-state index contributed by atoms with van der Waals surface area (Å²) < 4.78 is 5.27. The average Bonchev–Trinajstić information content (AvgIpc) is 2.53. The van der Waals surface area contributed by atoms with Crippen LogP contribution in [-0.2, 0) is 16.6 Å². The number of anilines is 1. The number of halogens is 1. The second-order valence-electron chi connectivity index (χ2n) is 6.88. The highest BCUT2D eigenvalue weighted by Gasteiger charge is 2.26. The fraction of sp³-hybridized carbons (Fsp3) is 0.316. The minimum Gasteiger partial charge on any atom is -0.496 e. The lowest BCUT2D eigenvalue weighted by Gasteiger charge is -2.24. The van der Waals surface area contributed by atoms with Gasteiger partial charge in [0.2, 0.25) is 5.91 Å². The van der Waals surface area contributed by atoms with Crippen molar-refractivity contribution in [1.82, 2.24) is 4.98 Å². The van der Waals surface area contributed by atoms with E-state index in [2.05, 4.69) is 10.3 Å². The number of methoxy groups -OCH3 is 1.